The van der Waals surface area contributed by atoms with Crippen LogP contribution < -0.4 is 5.32 Å². The Balaban J connectivity index is 1.14. The van der Waals surface area contributed by atoms with Crippen molar-refractivity contribution < 1.29 is 14.4 Å². The van der Waals surface area contributed by atoms with Crippen LogP contribution in [0.1, 0.15) is 48.4 Å². The van der Waals surface area contributed by atoms with Gasteiger partial charge in [-0.3, -0.25) is 4.79 Å². The average Bonchev–Trinajstić information content (AvgIpc) is 3.64. The van der Waals surface area contributed by atoms with E-state index in [9.17, 15) is 9.90 Å². The van der Waals surface area contributed by atoms with Crippen molar-refractivity contribution in [2.45, 2.75) is 43.6 Å². The van der Waals surface area contributed by atoms with Gasteiger partial charge < -0.3 is 14.9 Å². The second kappa shape index (κ2) is 9.83. The Labute approximate surface area is 233 Å². The molecule has 5 heteroatoms. The van der Waals surface area contributed by atoms with Crippen molar-refractivity contribution in [3.63, 3.8) is 0 Å². The molecule has 0 bridgehead atoms. The predicted octanol–water partition coefficient (Wildman–Crippen LogP) is 8.28. The summed E-state index contributed by atoms with van der Waals surface area (Å²) in [6.07, 6.45) is 4.04. The van der Waals surface area contributed by atoms with E-state index in [0.717, 1.165) is 70.6 Å². The number of fused-ring (bicyclic) bond motifs is 3. The van der Waals surface area contributed by atoms with Crippen LogP contribution in [0, 0.1) is 0 Å². The lowest BCUT2D eigenvalue weighted by Crippen LogP contribution is -2.17. The summed E-state index contributed by atoms with van der Waals surface area (Å²) in [5.74, 6) is 0.0210. The number of aliphatic carboxylic acids is 1. The van der Waals surface area contributed by atoms with E-state index in [0.29, 0.717) is 0 Å². The smallest absolute Gasteiger partial charge is 0.304 e. The van der Waals surface area contributed by atoms with Crippen LogP contribution in [0.15, 0.2) is 108 Å². The highest BCUT2D eigenvalue weighted by molar-refractivity contribution is 5.89. The van der Waals surface area contributed by atoms with Crippen molar-refractivity contribution in [3.05, 3.63) is 120 Å². The number of nitrogens with one attached hydrogen (secondary N) is 1. The van der Waals surface area contributed by atoms with E-state index in [1.54, 1.807) is 0 Å². The molecule has 0 spiro atoms. The zero-order valence-electron chi connectivity index (χ0n) is 22.1. The van der Waals surface area contributed by atoms with Gasteiger partial charge in [-0.15, -0.1) is 0 Å². The lowest BCUT2D eigenvalue weighted by Gasteiger charge is -2.27. The molecule has 0 radical (unpaired) electrons. The Kier molecular flexibility index (Phi) is 6.00. The number of rotatable bonds is 8. The summed E-state index contributed by atoms with van der Waals surface area (Å²) in [6.45, 7) is 0. The molecular weight excluding hydrogens is 496 g/mol. The third-order valence-corrected chi connectivity index (χ3v) is 8.49. The number of hydrogen-bond acceptors (Lipinski definition) is 4. The van der Waals surface area contributed by atoms with Crippen LogP contribution in [0.25, 0.3) is 33.7 Å². The van der Waals surface area contributed by atoms with Crippen molar-refractivity contribution in [1.82, 2.24) is 5.16 Å². The minimum atomic E-state index is -0.729. The van der Waals surface area contributed by atoms with E-state index in [4.69, 9.17) is 4.52 Å². The number of hydrogen-bond donors (Lipinski definition) is 2. The van der Waals surface area contributed by atoms with Gasteiger partial charge in [-0.2, -0.15) is 0 Å². The fourth-order valence-corrected chi connectivity index (χ4v) is 6.09. The summed E-state index contributed by atoms with van der Waals surface area (Å²) >= 11 is 0. The summed E-state index contributed by atoms with van der Waals surface area (Å²) in [5, 5.41) is 17.5. The molecule has 2 aliphatic rings. The maximum Gasteiger partial charge on any atom is 0.304 e. The number of aryl methyl sites for hydroxylation is 1. The van der Waals surface area contributed by atoms with E-state index >= 15 is 0 Å². The van der Waals surface area contributed by atoms with Crippen molar-refractivity contribution in [2.24, 2.45) is 0 Å². The van der Waals surface area contributed by atoms with Crippen molar-refractivity contribution in [2.75, 3.05) is 5.32 Å². The van der Waals surface area contributed by atoms with Crippen molar-refractivity contribution in [1.29, 1.82) is 0 Å². The largest absolute Gasteiger partial charge is 0.481 e. The molecule has 2 heterocycles. The lowest BCUT2D eigenvalue weighted by atomic mass is 9.89. The number of benzene rings is 4. The molecule has 0 amide bonds. The lowest BCUT2D eigenvalue weighted by molar-refractivity contribution is -0.137. The highest BCUT2D eigenvalue weighted by atomic mass is 16.5. The van der Waals surface area contributed by atoms with Gasteiger partial charge in [-0.1, -0.05) is 108 Å². The predicted molar refractivity (Wildman–Crippen MR) is 157 cm³/mol. The normalized spacial score (nSPS) is 16.4. The summed E-state index contributed by atoms with van der Waals surface area (Å²) in [5.41, 5.74) is 9.63. The minimum Gasteiger partial charge on any atom is -0.481 e. The van der Waals surface area contributed by atoms with E-state index < -0.39 is 5.97 Å². The number of aromatic nitrogens is 1. The standard InChI is InChI=1S/C35H30N2O3/c38-31(39)22-35(20-21-35)27-17-15-25(16-18-27)24-11-13-26(14-12-24)34-33-32(37-40-34)29-9-5-4-8-28(29)30(36-33)19-10-23-6-2-1-3-7-23/h1-9,11-18,30,36H,10,19-22H2,(H,38,39). The van der Waals surface area contributed by atoms with Gasteiger partial charge in [-0.25, -0.2) is 0 Å². The molecule has 2 N–H and O–H groups in total. The van der Waals surface area contributed by atoms with E-state index in [-0.39, 0.29) is 17.9 Å². The van der Waals surface area contributed by atoms with Crippen molar-refractivity contribution >= 4 is 11.7 Å². The van der Waals surface area contributed by atoms with E-state index in [2.05, 4.69) is 114 Å². The van der Waals surface area contributed by atoms with Gasteiger partial charge in [0.2, 0.25) is 0 Å². The van der Waals surface area contributed by atoms with Crippen LogP contribution >= 0.6 is 0 Å². The molecule has 198 valence electrons. The topological polar surface area (TPSA) is 75.4 Å². The zero-order chi connectivity index (χ0) is 27.1. The highest BCUT2D eigenvalue weighted by Crippen LogP contribution is 2.51. The first kappa shape index (κ1) is 24.4. The Morgan fingerprint density at radius 2 is 1.50 bits per heavy atom. The Morgan fingerprint density at radius 3 is 2.20 bits per heavy atom. The van der Waals surface area contributed by atoms with Crippen molar-refractivity contribution in [3.8, 4) is 33.7 Å². The summed E-state index contributed by atoms with van der Waals surface area (Å²) in [7, 11) is 0. The van der Waals surface area contributed by atoms with Gasteiger partial charge in [-0.05, 0) is 53.5 Å². The second-order valence-corrected chi connectivity index (χ2v) is 11.0. The van der Waals surface area contributed by atoms with Gasteiger partial charge in [0.25, 0.3) is 0 Å². The Morgan fingerprint density at radius 1 is 0.850 bits per heavy atom. The van der Waals surface area contributed by atoms with Crippen LogP contribution in [0.2, 0.25) is 0 Å². The van der Waals surface area contributed by atoms with E-state index in [1.165, 1.54) is 11.1 Å². The van der Waals surface area contributed by atoms with E-state index in [1.807, 2.05) is 0 Å². The number of carboxylic acid groups (broad SMARTS) is 1. The van der Waals surface area contributed by atoms with Crippen LogP contribution in [0.5, 0.6) is 0 Å². The molecule has 1 unspecified atom stereocenters. The Bertz CT molecular complexity index is 1670. The maximum atomic E-state index is 11.3. The monoisotopic (exact) mass is 526 g/mol. The van der Waals surface area contributed by atoms with Crippen LogP contribution in [-0.2, 0) is 16.6 Å². The summed E-state index contributed by atoms with van der Waals surface area (Å²) in [4.78, 5) is 11.3. The molecule has 40 heavy (non-hydrogen) atoms. The molecule has 5 nitrogen and oxygen atoms in total. The molecule has 5 aromatic rings. The quantitative estimate of drug-likeness (QED) is 0.213. The minimum absolute atomic E-state index is 0.163. The molecule has 7 rings (SSSR count). The van der Waals surface area contributed by atoms with Crippen LogP contribution in [0.3, 0.4) is 0 Å². The second-order valence-electron chi connectivity index (χ2n) is 11.0. The molecule has 4 aromatic carbocycles. The van der Waals surface area contributed by atoms with Crippen LogP contribution in [-0.4, -0.2) is 16.2 Å². The molecule has 0 saturated heterocycles. The Hall–Kier alpha value is -4.64. The highest BCUT2D eigenvalue weighted by Gasteiger charge is 2.45. The molecule has 1 atom stereocenters. The van der Waals surface area contributed by atoms with Gasteiger partial charge in [0.05, 0.1) is 12.5 Å². The SMILES string of the molecule is O=C(O)CC1(c2ccc(-c3ccc(-c4onc5c4NC(CCc4ccccc4)c4ccccc4-5)cc3)cc2)CC1. The summed E-state index contributed by atoms with van der Waals surface area (Å²) < 4.78 is 5.95. The first-order valence-corrected chi connectivity index (χ1v) is 13.9. The van der Waals surface area contributed by atoms with Crippen LogP contribution in [0.4, 0.5) is 5.69 Å². The molecule has 1 saturated carbocycles. The maximum absolute atomic E-state index is 11.3. The number of anilines is 1. The number of carbonyl (C=O) groups is 1. The number of nitrogens with zero attached hydrogens (tertiary/aromatic N) is 1. The fraction of sp³-hybridized carbons (Fsp3) is 0.200. The molecule has 1 aromatic heterocycles. The number of carboxylic acids is 1. The third-order valence-electron chi connectivity index (χ3n) is 8.49. The fourth-order valence-electron chi connectivity index (χ4n) is 6.09. The zero-order valence-corrected chi connectivity index (χ0v) is 22.1. The summed E-state index contributed by atoms with van der Waals surface area (Å²) in [6, 6.07) is 36.0. The van der Waals surface area contributed by atoms with Gasteiger partial charge >= 0.3 is 5.97 Å². The average molecular weight is 527 g/mol. The molecule has 1 aliphatic heterocycles. The molecular formula is C35H30N2O3. The molecule has 1 fully saturated rings. The molecule has 1 aliphatic carbocycles. The third kappa shape index (κ3) is 4.47. The first-order valence-electron chi connectivity index (χ1n) is 13.9. The van der Waals surface area contributed by atoms with Gasteiger partial charge in [0.15, 0.2) is 5.76 Å². The van der Waals surface area contributed by atoms with Gasteiger partial charge in [0, 0.05) is 16.5 Å². The first-order chi connectivity index (χ1) is 19.6. The van der Waals surface area contributed by atoms with Gasteiger partial charge in [0.1, 0.15) is 11.4 Å².